The molecule has 5 nitrogen and oxygen atoms in total. The number of halogens is 1. The molecule has 0 spiro atoms. The van der Waals surface area contributed by atoms with Crippen molar-refractivity contribution >= 4 is 27.2 Å². The normalized spacial score (nSPS) is 20.4. The van der Waals surface area contributed by atoms with E-state index in [2.05, 4.69) is 0 Å². The van der Waals surface area contributed by atoms with E-state index >= 15 is 0 Å². The molecule has 1 heterocycles. The predicted octanol–water partition coefficient (Wildman–Crippen LogP) is 0.853. The number of hydrogen-bond acceptors (Lipinski definition) is 4. The van der Waals surface area contributed by atoms with Crippen molar-refractivity contribution < 1.29 is 17.9 Å². The van der Waals surface area contributed by atoms with Gasteiger partial charge in [0.2, 0.25) is 10.0 Å². The molecular formula is C13H17FN2O3S2. The first-order valence-electron chi connectivity index (χ1n) is 6.56. The molecule has 3 N–H and O–H groups in total. The summed E-state index contributed by atoms with van der Waals surface area (Å²) < 4.78 is 40.0. The van der Waals surface area contributed by atoms with Gasteiger partial charge >= 0.3 is 0 Å². The topological polar surface area (TPSA) is 83.6 Å². The SMILES string of the molecule is NC(=S)c1cc(S(=O)(=O)N2CCCC(CO)C2)ccc1F. The molecule has 2 rings (SSSR count). The number of nitrogens with two attached hydrogens (primary N) is 1. The average Bonchev–Trinajstić information content (AvgIpc) is 2.47. The molecule has 0 aliphatic carbocycles. The number of benzene rings is 1. The van der Waals surface area contributed by atoms with Crippen LogP contribution < -0.4 is 5.73 Å². The summed E-state index contributed by atoms with van der Waals surface area (Å²) in [5, 5.41) is 9.19. The van der Waals surface area contributed by atoms with Gasteiger partial charge in [0, 0.05) is 25.3 Å². The van der Waals surface area contributed by atoms with Crippen LogP contribution in [0.3, 0.4) is 0 Å². The number of sulfonamides is 1. The van der Waals surface area contributed by atoms with E-state index in [1.165, 1.54) is 10.4 Å². The van der Waals surface area contributed by atoms with E-state index in [1.54, 1.807) is 0 Å². The quantitative estimate of drug-likeness (QED) is 0.799. The minimum atomic E-state index is -3.74. The van der Waals surface area contributed by atoms with Crippen LogP contribution >= 0.6 is 12.2 Å². The van der Waals surface area contributed by atoms with Gasteiger partial charge in [0.15, 0.2) is 0 Å². The molecule has 0 bridgehead atoms. The average molecular weight is 332 g/mol. The molecule has 1 aromatic rings. The van der Waals surface area contributed by atoms with Gasteiger partial charge in [-0.15, -0.1) is 0 Å². The molecule has 1 unspecified atom stereocenters. The summed E-state index contributed by atoms with van der Waals surface area (Å²) in [7, 11) is -3.74. The largest absolute Gasteiger partial charge is 0.396 e. The molecule has 1 saturated heterocycles. The van der Waals surface area contributed by atoms with Crippen molar-refractivity contribution in [2.75, 3.05) is 19.7 Å². The Morgan fingerprint density at radius 3 is 2.86 bits per heavy atom. The van der Waals surface area contributed by atoms with Crippen molar-refractivity contribution in [3.8, 4) is 0 Å². The molecule has 1 fully saturated rings. The monoisotopic (exact) mass is 332 g/mol. The van der Waals surface area contributed by atoms with Gasteiger partial charge < -0.3 is 10.8 Å². The van der Waals surface area contributed by atoms with Gasteiger partial charge in [-0.2, -0.15) is 4.31 Å². The minimum absolute atomic E-state index is 0.0368. The lowest BCUT2D eigenvalue weighted by Crippen LogP contribution is -2.40. The number of aliphatic hydroxyl groups excluding tert-OH is 1. The van der Waals surface area contributed by atoms with E-state index in [0.29, 0.717) is 13.0 Å². The van der Waals surface area contributed by atoms with E-state index in [9.17, 15) is 17.9 Å². The van der Waals surface area contributed by atoms with Crippen LogP contribution in [-0.2, 0) is 10.0 Å². The number of rotatable bonds is 4. The van der Waals surface area contributed by atoms with Crippen LogP contribution in [0.1, 0.15) is 18.4 Å². The van der Waals surface area contributed by atoms with E-state index in [0.717, 1.165) is 18.6 Å². The van der Waals surface area contributed by atoms with Crippen molar-refractivity contribution in [2.45, 2.75) is 17.7 Å². The van der Waals surface area contributed by atoms with Crippen LogP contribution in [0.4, 0.5) is 4.39 Å². The van der Waals surface area contributed by atoms with E-state index in [1.807, 2.05) is 0 Å². The zero-order valence-corrected chi connectivity index (χ0v) is 13.0. The molecule has 0 amide bonds. The first kappa shape index (κ1) is 16.3. The zero-order chi connectivity index (χ0) is 15.6. The fourth-order valence-electron chi connectivity index (χ4n) is 2.40. The molecule has 21 heavy (non-hydrogen) atoms. The summed E-state index contributed by atoms with van der Waals surface area (Å²) >= 11 is 4.72. The molecule has 0 saturated carbocycles. The van der Waals surface area contributed by atoms with Crippen LogP contribution in [0.5, 0.6) is 0 Å². The highest BCUT2D eigenvalue weighted by Crippen LogP contribution is 2.24. The number of hydrogen-bond donors (Lipinski definition) is 2. The maximum Gasteiger partial charge on any atom is 0.243 e. The lowest BCUT2D eigenvalue weighted by atomic mass is 10.0. The lowest BCUT2D eigenvalue weighted by molar-refractivity contribution is 0.165. The van der Waals surface area contributed by atoms with Gasteiger partial charge in [-0.25, -0.2) is 12.8 Å². The zero-order valence-electron chi connectivity index (χ0n) is 11.3. The molecule has 1 atom stereocenters. The van der Waals surface area contributed by atoms with Crippen LogP contribution in [-0.4, -0.2) is 42.5 Å². The van der Waals surface area contributed by atoms with Gasteiger partial charge in [-0.05, 0) is 37.0 Å². The third kappa shape index (κ3) is 3.39. The van der Waals surface area contributed by atoms with Crippen molar-refractivity contribution in [1.82, 2.24) is 4.31 Å². The van der Waals surface area contributed by atoms with Gasteiger partial charge in [0.25, 0.3) is 0 Å². The van der Waals surface area contributed by atoms with E-state index in [4.69, 9.17) is 18.0 Å². The Bertz CT molecular complexity index is 649. The Labute approximate surface area is 128 Å². The van der Waals surface area contributed by atoms with Gasteiger partial charge in [0.1, 0.15) is 10.8 Å². The van der Waals surface area contributed by atoms with Crippen LogP contribution in [0.2, 0.25) is 0 Å². The summed E-state index contributed by atoms with van der Waals surface area (Å²) in [5.74, 6) is -0.711. The Kier molecular flexibility index (Phi) is 4.92. The second kappa shape index (κ2) is 6.35. The highest BCUT2D eigenvalue weighted by atomic mass is 32.2. The fourth-order valence-corrected chi connectivity index (χ4v) is 4.13. The Hall–Kier alpha value is -1.09. The molecule has 8 heteroatoms. The maximum absolute atomic E-state index is 13.6. The third-order valence-electron chi connectivity index (χ3n) is 3.58. The van der Waals surface area contributed by atoms with Crippen molar-refractivity contribution in [3.05, 3.63) is 29.6 Å². The lowest BCUT2D eigenvalue weighted by Gasteiger charge is -2.31. The van der Waals surface area contributed by atoms with E-state index in [-0.39, 0.29) is 34.5 Å². The number of thiocarbonyl (C=S) groups is 1. The summed E-state index contributed by atoms with van der Waals surface area (Å²) in [6.45, 7) is 0.602. The smallest absolute Gasteiger partial charge is 0.243 e. The van der Waals surface area contributed by atoms with Gasteiger partial charge in [-0.3, -0.25) is 0 Å². The van der Waals surface area contributed by atoms with Crippen LogP contribution in [0.25, 0.3) is 0 Å². The highest BCUT2D eigenvalue weighted by molar-refractivity contribution is 7.89. The Balaban J connectivity index is 2.35. The highest BCUT2D eigenvalue weighted by Gasteiger charge is 2.30. The van der Waals surface area contributed by atoms with Gasteiger partial charge in [-0.1, -0.05) is 12.2 Å². The molecule has 1 aliphatic heterocycles. The Morgan fingerprint density at radius 2 is 2.24 bits per heavy atom. The molecule has 0 radical (unpaired) electrons. The summed E-state index contributed by atoms with van der Waals surface area (Å²) in [6.07, 6.45) is 1.48. The second-order valence-corrected chi connectivity index (χ2v) is 7.44. The van der Waals surface area contributed by atoms with Crippen LogP contribution in [0.15, 0.2) is 23.1 Å². The summed E-state index contributed by atoms with van der Waals surface area (Å²) in [4.78, 5) is -0.221. The third-order valence-corrected chi connectivity index (χ3v) is 5.66. The fraction of sp³-hybridized carbons (Fsp3) is 0.462. The molecular weight excluding hydrogens is 315 g/mol. The van der Waals surface area contributed by atoms with E-state index < -0.39 is 15.8 Å². The summed E-state index contributed by atoms with van der Waals surface area (Å²) in [5.41, 5.74) is 5.32. The summed E-state index contributed by atoms with van der Waals surface area (Å²) in [6, 6.07) is 3.42. The van der Waals surface area contributed by atoms with Crippen molar-refractivity contribution in [1.29, 1.82) is 0 Å². The van der Waals surface area contributed by atoms with Gasteiger partial charge in [0.05, 0.1) is 4.90 Å². The Morgan fingerprint density at radius 1 is 1.52 bits per heavy atom. The van der Waals surface area contributed by atoms with Crippen molar-refractivity contribution in [3.63, 3.8) is 0 Å². The molecule has 1 aliphatic rings. The molecule has 0 aromatic heterocycles. The number of piperidine rings is 1. The molecule has 1 aromatic carbocycles. The van der Waals surface area contributed by atoms with Crippen LogP contribution in [0, 0.1) is 11.7 Å². The predicted molar refractivity (Wildman–Crippen MR) is 80.9 cm³/mol. The minimum Gasteiger partial charge on any atom is -0.396 e. The van der Waals surface area contributed by atoms with Crippen molar-refractivity contribution in [2.24, 2.45) is 11.7 Å². The first-order valence-corrected chi connectivity index (χ1v) is 8.41. The first-order chi connectivity index (χ1) is 9.86. The molecule has 116 valence electrons. The second-order valence-electron chi connectivity index (χ2n) is 5.06. The number of aliphatic hydroxyl groups is 1. The standard InChI is InChI=1S/C13H17FN2O3S2/c14-12-4-3-10(6-11(12)13(15)20)21(18,19)16-5-1-2-9(7-16)8-17/h3-4,6,9,17H,1-2,5,7-8H2,(H2,15,20). The number of nitrogens with zero attached hydrogens (tertiary/aromatic N) is 1. The maximum atomic E-state index is 13.6.